The molecule has 0 aliphatic heterocycles. The van der Waals surface area contributed by atoms with Crippen molar-refractivity contribution in [3.05, 3.63) is 10.6 Å². The fourth-order valence-corrected chi connectivity index (χ4v) is 4.10. The SMILES string of the molecule is CCCc1nc(N(C)C(CC)CSC)sc1CNC. The molecule has 0 aliphatic carbocycles. The van der Waals surface area contributed by atoms with Crippen LogP contribution in [0.3, 0.4) is 0 Å². The molecule has 0 saturated carbocycles. The molecule has 1 unspecified atom stereocenters. The molecule has 0 aliphatic rings. The highest BCUT2D eigenvalue weighted by molar-refractivity contribution is 7.98. The molecule has 1 rings (SSSR count). The first kappa shape index (κ1) is 16.8. The van der Waals surface area contributed by atoms with Crippen LogP contribution in [-0.2, 0) is 13.0 Å². The molecule has 0 saturated heterocycles. The Hall–Kier alpha value is -0.260. The average molecular weight is 302 g/mol. The number of aromatic nitrogens is 1. The summed E-state index contributed by atoms with van der Waals surface area (Å²) in [4.78, 5) is 8.62. The lowest BCUT2D eigenvalue weighted by Crippen LogP contribution is -2.33. The predicted molar refractivity (Wildman–Crippen MR) is 89.7 cm³/mol. The number of nitrogens with one attached hydrogen (secondary N) is 1. The van der Waals surface area contributed by atoms with E-state index in [4.69, 9.17) is 4.98 Å². The molecule has 1 N–H and O–H groups in total. The van der Waals surface area contributed by atoms with Crippen molar-refractivity contribution in [2.75, 3.05) is 31.0 Å². The minimum atomic E-state index is 0.582. The van der Waals surface area contributed by atoms with Gasteiger partial charge in [0.25, 0.3) is 0 Å². The van der Waals surface area contributed by atoms with Crippen molar-refractivity contribution >= 4 is 28.2 Å². The molecule has 1 aromatic rings. The number of hydrogen-bond acceptors (Lipinski definition) is 5. The zero-order chi connectivity index (χ0) is 14.3. The summed E-state index contributed by atoms with van der Waals surface area (Å²) in [7, 11) is 4.18. The van der Waals surface area contributed by atoms with Gasteiger partial charge in [0.2, 0.25) is 0 Å². The Morgan fingerprint density at radius 2 is 2.16 bits per heavy atom. The minimum absolute atomic E-state index is 0.582. The Kier molecular flexibility index (Phi) is 7.80. The third-order valence-corrected chi connectivity index (χ3v) is 5.18. The molecule has 1 aromatic heterocycles. The lowest BCUT2D eigenvalue weighted by molar-refractivity contribution is 0.670. The Morgan fingerprint density at radius 1 is 1.42 bits per heavy atom. The van der Waals surface area contributed by atoms with Gasteiger partial charge in [-0.05, 0) is 26.1 Å². The van der Waals surface area contributed by atoms with Gasteiger partial charge < -0.3 is 10.2 Å². The first-order valence-electron chi connectivity index (χ1n) is 7.02. The van der Waals surface area contributed by atoms with Crippen molar-refractivity contribution in [1.29, 1.82) is 0 Å². The highest BCUT2D eigenvalue weighted by Gasteiger charge is 2.18. The topological polar surface area (TPSA) is 28.2 Å². The fourth-order valence-electron chi connectivity index (χ4n) is 2.10. The van der Waals surface area contributed by atoms with E-state index >= 15 is 0 Å². The smallest absolute Gasteiger partial charge is 0.185 e. The summed E-state index contributed by atoms with van der Waals surface area (Å²) in [6, 6.07) is 0.582. The minimum Gasteiger partial charge on any atom is -0.347 e. The van der Waals surface area contributed by atoms with E-state index in [0.29, 0.717) is 6.04 Å². The quantitative estimate of drug-likeness (QED) is 0.757. The summed E-state index contributed by atoms with van der Waals surface area (Å²) in [5.41, 5.74) is 1.28. The second-order valence-electron chi connectivity index (χ2n) is 4.77. The number of rotatable bonds is 9. The zero-order valence-electron chi connectivity index (χ0n) is 12.8. The third-order valence-electron chi connectivity index (χ3n) is 3.27. The van der Waals surface area contributed by atoms with Crippen LogP contribution in [-0.4, -0.2) is 37.1 Å². The standard InChI is InChI=1S/C14H27N3S2/c1-6-8-12-13(9-15-3)19-14(16-12)17(4)11(7-2)10-18-5/h11,15H,6-10H2,1-5H3. The van der Waals surface area contributed by atoms with Gasteiger partial charge in [0, 0.05) is 30.3 Å². The summed E-state index contributed by atoms with van der Waals surface area (Å²) in [5.74, 6) is 1.16. The summed E-state index contributed by atoms with van der Waals surface area (Å²) in [6.07, 6.45) is 5.58. The van der Waals surface area contributed by atoms with Gasteiger partial charge in [0.05, 0.1) is 5.69 Å². The Labute approximate surface area is 126 Å². The molecule has 0 aromatic carbocycles. The monoisotopic (exact) mass is 301 g/mol. The second-order valence-corrected chi connectivity index (χ2v) is 6.75. The predicted octanol–water partition coefficient (Wildman–Crippen LogP) is 3.39. The molecule has 0 radical (unpaired) electrons. The van der Waals surface area contributed by atoms with Crippen molar-refractivity contribution in [2.24, 2.45) is 0 Å². The van der Waals surface area contributed by atoms with Crippen molar-refractivity contribution < 1.29 is 0 Å². The van der Waals surface area contributed by atoms with Crippen LogP contribution < -0.4 is 10.2 Å². The molecule has 1 heterocycles. The number of thiazole rings is 1. The molecule has 19 heavy (non-hydrogen) atoms. The van der Waals surface area contributed by atoms with E-state index in [2.05, 4.69) is 37.4 Å². The first-order chi connectivity index (χ1) is 9.17. The van der Waals surface area contributed by atoms with Gasteiger partial charge in [-0.25, -0.2) is 4.98 Å². The number of hydrogen-bond donors (Lipinski definition) is 1. The maximum atomic E-state index is 4.86. The normalized spacial score (nSPS) is 12.7. The van der Waals surface area contributed by atoms with Crippen LogP contribution in [0.25, 0.3) is 0 Å². The van der Waals surface area contributed by atoms with Crippen LogP contribution in [0, 0.1) is 0 Å². The number of thioether (sulfide) groups is 1. The van der Waals surface area contributed by atoms with Gasteiger partial charge in [-0.1, -0.05) is 20.3 Å². The Bertz CT molecular complexity index is 342. The highest BCUT2D eigenvalue weighted by Crippen LogP contribution is 2.28. The van der Waals surface area contributed by atoms with E-state index in [1.165, 1.54) is 22.1 Å². The van der Waals surface area contributed by atoms with E-state index in [-0.39, 0.29) is 0 Å². The van der Waals surface area contributed by atoms with Gasteiger partial charge in [0.1, 0.15) is 0 Å². The van der Waals surface area contributed by atoms with Crippen molar-refractivity contribution in [2.45, 2.75) is 45.7 Å². The first-order valence-corrected chi connectivity index (χ1v) is 9.23. The fraction of sp³-hybridized carbons (Fsp3) is 0.786. The molecule has 1 atom stereocenters. The van der Waals surface area contributed by atoms with Gasteiger partial charge in [-0.2, -0.15) is 11.8 Å². The maximum Gasteiger partial charge on any atom is 0.185 e. The summed E-state index contributed by atoms with van der Waals surface area (Å²) in [6.45, 7) is 5.40. The molecule has 0 spiro atoms. The summed E-state index contributed by atoms with van der Waals surface area (Å²) < 4.78 is 0. The maximum absolute atomic E-state index is 4.86. The van der Waals surface area contributed by atoms with Crippen LogP contribution in [0.5, 0.6) is 0 Å². The lowest BCUT2D eigenvalue weighted by Gasteiger charge is -2.26. The third kappa shape index (κ3) is 4.65. The molecule has 0 amide bonds. The molecule has 5 heteroatoms. The van der Waals surface area contributed by atoms with Crippen molar-refractivity contribution in [3.63, 3.8) is 0 Å². The summed E-state index contributed by atoms with van der Waals surface area (Å²) in [5, 5.41) is 4.43. The number of anilines is 1. The van der Waals surface area contributed by atoms with Crippen LogP contribution in [0.15, 0.2) is 0 Å². The van der Waals surface area contributed by atoms with Crippen molar-refractivity contribution in [3.8, 4) is 0 Å². The average Bonchev–Trinajstić information content (AvgIpc) is 2.79. The lowest BCUT2D eigenvalue weighted by atomic mass is 10.2. The number of nitrogens with zero attached hydrogens (tertiary/aromatic N) is 2. The largest absolute Gasteiger partial charge is 0.347 e. The number of aryl methyl sites for hydroxylation is 1. The van der Waals surface area contributed by atoms with Gasteiger partial charge in [0.15, 0.2) is 5.13 Å². The Balaban J connectivity index is 2.89. The highest BCUT2D eigenvalue weighted by atomic mass is 32.2. The molecule has 110 valence electrons. The van der Waals surface area contributed by atoms with E-state index in [0.717, 1.165) is 25.1 Å². The van der Waals surface area contributed by atoms with Crippen LogP contribution in [0.2, 0.25) is 0 Å². The Morgan fingerprint density at radius 3 is 2.68 bits per heavy atom. The zero-order valence-corrected chi connectivity index (χ0v) is 14.5. The van der Waals surface area contributed by atoms with Crippen LogP contribution in [0.1, 0.15) is 37.3 Å². The summed E-state index contributed by atoms with van der Waals surface area (Å²) >= 11 is 3.76. The van der Waals surface area contributed by atoms with Gasteiger partial charge >= 0.3 is 0 Å². The van der Waals surface area contributed by atoms with Gasteiger partial charge in [-0.15, -0.1) is 11.3 Å². The van der Waals surface area contributed by atoms with Crippen LogP contribution >= 0.6 is 23.1 Å². The van der Waals surface area contributed by atoms with E-state index in [9.17, 15) is 0 Å². The van der Waals surface area contributed by atoms with E-state index < -0.39 is 0 Å². The molecule has 3 nitrogen and oxygen atoms in total. The van der Waals surface area contributed by atoms with E-state index in [1.807, 2.05) is 30.1 Å². The van der Waals surface area contributed by atoms with Crippen molar-refractivity contribution in [1.82, 2.24) is 10.3 Å². The van der Waals surface area contributed by atoms with Gasteiger partial charge in [-0.3, -0.25) is 0 Å². The molecule has 0 bridgehead atoms. The molecular formula is C14H27N3S2. The molecular weight excluding hydrogens is 274 g/mol. The van der Waals surface area contributed by atoms with E-state index in [1.54, 1.807) is 0 Å². The van der Waals surface area contributed by atoms with Crippen LogP contribution in [0.4, 0.5) is 5.13 Å². The second kappa shape index (κ2) is 8.82. The molecule has 0 fully saturated rings.